The van der Waals surface area contributed by atoms with Crippen LogP contribution in [0.4, 0.5) is 0 Å². The number of hydrogen-bond donors (Lipinski definition) is 1. The van der Waals surface area contributed by atoms with Crippen molar-refractivity contribution in [2.24, 2.45) is 11.7 Å². The fourth-order valence-corrected chi connectivity index (χ4v) is 1.87. The van der Waals surface area contributed by atoms with Crippen LogP contribution in [0.5, 0.6) is 5.75 Å². The summed E-state index contributed by atoms with van der Waals surface area (Å²) in [7, 11) is 0. The highest BCUT2D eigenvalue weighted by molar-refractivity contribution is 6.32. The van der Waals surface area contributed by atoms with E-state index in [0.29, 0.717) is 35.0 Å². The molecule has 2 N–H and O–H groups in total. The highest BCUT2D eigenvalue weighted by Gasteiger charge is 2.22. The van der Waals surface area contributed by atoms with Gasteiger partial charge in [0.1, 0.15) is 5.75 Å². The summed E-state index contributed by atoms with van der Waals surface area (Å²) < 4.78 is 10.7. The topological polar surface area (TPSA) is 74.2 Å². The molecule has 0 amide bonds. The molecule has 0 bridgehead atoms. The van der Waals surface area contributed by atoms with Crippen LogP contribution < -0.4 is 10.5 Å². The molecule has 1 saturated carbocycles. The monoisotopic (exact) mass is 279 g/mol. The first-order valence-corrected chi connectivity index (χ1v) is 6.59. The molecule has 0 unspecified atom stereocenters. The summed E-state index contributed by atoms with van der Waals surface area (Å²) in [6, 6.07) is 5.44. The summed E-state index contributed by atoms with van der Waals surface area (Å²) in [4.78, 5) is 4.18. The maximum atomic E-state index is 6.11. The minimum atomic E-state index is 0.228. The summed E-state index contributed by atoms with van der Waals surface area (Å²) in [6.45, 7) is 0.940. The first kappa shape index (κ1) is 12.4. The summed E-state index contributed by atoms with van der Waals surface area (Å²) >= 11 is 6.11. The highest BCUT2D eigenvalue weighted by atomic mass is 35.5. The van der Waals surface area contributed by atoms with Gasteiger partial charge in [-0.15, -0.1) is 0 Å². The summed E-state index contributed by atoms with van der Waals surface area (Å²) in [6.07, 6.45) is 2.48. The molecular formula is C13H14ClN3O2. The fraction of sp³-hybridized carbons (Fsp3) is 0.385. The van der Waals surface area contributed by atoms with Gasteiger partial charge in [-0.1, -0.05) is 16.8 Å². The third-order valence-corrected chi connectivity index (χ3v) is 3.32. The Balaban J connectivity index is 1.82. The predicted octanol–water partition coefficient (Wildman–Crippen LogP) is 2.64. The average Bonchev–Trinajstić information content (AvgIpc) is 3.13. The Morgan fingerprint density at radius 1 is 1.42 bits per heavy atom. The van der Waals surface area contributed by atoms with Crippen molar-refractivity contribution in [1.82, 2.24) is 10.1 Å². The highest BCUT2D eigenvalue weighted by Crippen LogP contribution is 2.33. The lowest BCUT2D eigenvalue weighted by Gasteiger charge is -2.08. The number of rotatable bonds is 5. The number of nitrogens with two attached hydrogens (primary N) is 1. The molecule has 0 atom stereocenters. The molecular weight excluding hydrogens is 266 g/mol. The predicted molar refractivity (Wildman–Crippen MR) is 70.9 cm³/mol. The second-order valence-corrected chi connectivity index (χ2v) is 5.02. The zero-order valence-electron chi connectivity index (χ0n) is 10.3. The Hall–Kier alpha value is -1.59. The van der Waals surface area contributed by atoms with Crippen LogP contribution in [-0.2, 0) is 6.54 Å². The van der Waals surface area contributed by atoms with Crippen LogP contribution in [0, 0.1) is 5.92 Å². The van der Waals surface area contributed by atoms with Crippen LogP contribution in [-0.4, -0.2) is 16.7 Å². The van der Waals surface area contributed by atoms with Crippen LogP contribution >= 0.6 is 11.6 Å². The van der Waals surface area contributed by atoms with Gasteiger partial charge >= 0.3 is 0 Å². The largest absolute Gasteiger partial charge is 0.492 e. The molecule has 19 heavy (non-hydrogen) atoms. The molecule has 2 aromatic rings. The van der Waals surface area contributed by atoms with Crippen molar-refractivity contribution in [2.45, 2.75) is 19.4 Å². The molecule has 1 aromatic heterocycles. The molecule has 1 heterocycles. The zero-order valence-corrected chi connectivity index (χ0v) is 11.1. The minimum absolute atomic E-state index is 0.228. The van der Waals surface area contributed by atoms with Gasteiger partial charge in [-0.25, -0.2) is 0 Å². The number of ether oxygens (including phenoxy) is 1. The molecule has 0 radical (unpaired) electrons. The molecule has 0 aliphatic heterocycles. The number of hydrogen-bond acceptors (Lipinski definition) is 5. The summed E-state index contributed by atoms with van der Waals surface area (Å²) in [5.74, 6) is 2.23. The smallest absolute Gasteiger partial charge is 0.240 e. The Bertz CT molecular complexity index is 581. The molecule has 0 spiro atoms. The van der Waals surface area contributed by atoms with E-state index >= 15 is 0 Å². The molecule has 1 fully saturated rings. The van der Waals surface area contributed by atoms with Gasteiger partial charge in [0.2, 0.25) is 11.7 Å². The van der Waals surface area contributed by atoms with Gasteiger partial charge in [0.25, 0.3) is 0 Å². The third-order valence-electron chi connectivity index (χ3n) is 3.00. The van der Waals surface area contributed by atoms with Gasteiger partial charge in [0.05, 0.1) is 18.2 Å². The Morgan fingerprint density at radius 2 is 2.26 bits per heavy atom. The van der Waals surface area contributed by atoms with Gasteiger partial charge in [-0.2, -0.15) is 4.98 Å². The lowest BCUT2D eigenvalue weighted by molar-refractivity contribution is 0.300. The third kappa shape index (κ3) is 2.88. The molecule has 1 aromatic carbocycles. The SMILES string of the molecule is NCc1nc(-c2ccc(Cl)c(OCC3CC3)c2)no1. The van der Waals surface area contributed by atoms with E-state index in [9.17, 15) is 0 Å². The van der Waals surface area contributed by atoms with Crippen LogP contribution in [0.25, 0.3) is 11.4 Å². The second kappa shape index (κ2) is 5.19. The van der Waals surface area contributed by atoms with Gasteiger partial charge in [-0.3, -0.25) is 0 Å². The molecule has 100 valence electrons. The van der Waals surface area contributed by atoms with Gasteiger partial charge in [0.15, 0.2) is 0 Å². The quantitative estimate of drug-likeness (QED) is 0.911. The van der Waals surface area contributed by atoms with Gasteiger partial charge < -0.3 is 15.0 Å². The van der Waals surface area contributed by atoms with E-state index in [1.165, 1.54) is 12.8 Å². The van der Waals surface area contributed by atoms with Crippen molar-refractivity contribution in [1.29, 1.82) is 0 Å². The molecule has 1 aliphatic rings. The molecule has 6 heteroatoms. The summed E-state index contributed by atoms with van der Waals surface area (Å²) in [5, 5.41) is 4.46. The number of aromatic nitrogens is 2. The molecule has 0 saturated heterocycles. The molecule has 5 nitrogen and oxygen atoms in total. The van der Waals surface area contributed by atoms with Crippen LogP contribution in [0.15, 0.2) is 22.7 Å². The summed E-state index contributed by atoms with van der Waals surface area (Å²) in [5.41, 5.74) is 6.25. The first-order chi connectivity index (χ1) is 9.26. The van der Waals surface area contributed by atoms with Crippen molar-refractivity contribution < 1.29 is 9.26 Å². The minimum Gasteiger partial charge on any atom is -0.492 e. The lowest BCUT2D eigenvalue weighted by Crippen LogP contribution is -1.99. The zero-order chi connectivity index (χ0) is 13.2. The maximum Gasteiger partial charge on any atom is 0.240 e. The van der Waals surface area contributed by atoms with E-state index in [-0.39, 0.29) is 6.54 Å². The second-order valence-electron chi connectivity index (χ2n) is 4.62. The van der Waals surface area contributed by atoms with E-state index < -0.39 is 0 Å². The van der Waals surface area contributed by atoms with Crippen molar-refractivity contribution >= 4 is 11.6 Å². The van der Waals surface area contributed by atoms with Crippen molar-refractivity contribution in [3.63, 3.8) is 0 Å². The Labute approximate surface area is 115 Å². The van der Waals surface area contributed by atoms with E-state index in [2.05, 4.69) is 10.1 Å². The number of benzene rings is 1. The van der Waals surface area contributed by atoms with E-state index in [1.54, 1.807) is 6.07 Å². The van der Waals surface area contributed by atoms with Crippen molar-refractivity contribution in [3.05, 3.63) is 29.1 Å². The Morgan fingerprint density at radius 3 is 2.95 bits per heavy atom. The van der Waals surface area contributed by atoms with Gasteiger partial charge in [0, 0.05) is 5.56 Å². The molecule has 3 rings (SSSR count). The molecule has 1 aliphatic carbocycles. The Kier molecular flexibility index (Phi) is 3.40. The van der Waals surface area contributed by atoms with Crippen molar-refractivity contribution in [2.75, 3.05) is 6.61 Å². The number of nitrogens with zero attached hydrogens (tertiary/aromatic N) is 2. The fourth-order valence-electron chi connectivity index (χ4n) is 1.70. The normalized spacial score (nSPS) is 14.6. The average molecular weight is 280 g/mol. The standard InChI is InChI=1S/C13H14ClN3O2/c14-10-4-3-9(13-16-12(6-15)19-17-13)5-11(10)18-7-8-1-2-8/h3-5,8H,1-2,6-7,15H2. The van der Waals surface area contributed by atoms with E-state index in [1.807, 2.05) is 12.1 Å². The van der Waals surface area contributed by atoms with Crippen molar-refractivity contribution in [3.8, 4) is 17.1 Å². The lowest BCUT2D eigenvalue weighted by atomic mass is 10.2. The maximum absolute atomic E-state index is 6.11. The number of halogens is 1. The van der Waals surface area contributed by atoms with Crippen LogP contribution in [0.1, 0.15) is 18.7 Å². The van der Waals surface area contributed by atoms with Gasteiger partial charge in [-0.05, 0) is 37.0 Å². The van der Waals surface area contributed by atoms with Crippen LogP contribution in [0.3, 0.4) is 0 Å². The first-order valence-electron chi connectivity index (χ1n) is 6.21. The van der Waals surface area contributed by atoms with Crippen LogP contribution in [0.2, 0.25) is 5.02 Å². The van der Waals surface area contributed by atoms with E-state index in [0.717, 1.165) is 5.56 Å². The van der Waals surface area contributed by atoms with E-state index in [4.69, 9.17) is 26.6 Å².